The molecule has 0 bridgehead atoms. The normalized spacial score (nSPS) is 21.4. The molecule has 4 nitrogen and oxygen atoms in total. The van der Waals surface area contributed by atoms with Crippen molar-refractivity contribution < 1.29 is 4.74 Å². The molecule has 17 heavy (non-hydrogen) atoms. The third kappa shape index (κ3) is 2.53. The van der Waals surface area contributed by atoms with Crippen molar-refractivity contribution in [3.8, 4) is 0 Å². The van der Waals surface area contributed by atoms with Crippen LogP contribution in [-0.2, 0) is 24.1 Å². The standard InChI is InChI=1S/C13H21N3O/c1-2-5-16-12(3-1)11-14-13(16)4-6-15-7-9-17-10-8-15/h11H,1-10H2. The number of hydrogen-bond acceptors (Lipinski definition) is 3. The zero-order valence-corrected chi connectivity index (χ0v) is 10.4. The molecule has 2 aliphatic rings. The van der Waals surface area contributed by atoms with Crippen molar-refractivity contribution in [2.24, 2.45) is 0 Å². The molecule has 4 heteroatoms. The first-order valence-corrected chi connectivity index (χ1v) is 6.77. The molecule has 0 aromatic carbocycles. The molecule has 1 fully saturated rings. The Balaban J connectivity index is 1.59. The van der Waals surface area contributed by atoms with Gasteiger partial charge in [-0.3, -0.25) is 4.90 Å². The molecule has 3 heterocycles. The highest BCUT2D eigenvalue weighted by molar-refractivity contribution is 5.08. The van der Waals surface area contributed by atoms with Gasteiger partial charge in [-0.25, -0.2) is 4.98 Å². The SMILES string of the molecule is c1nc(CCN2CCOCC2)n2c1CCCC2. The van der Waals surface area contributed by atoms with Gasteiger partial charge in [0.15, 0.2) is 0 Å². The number of fused-ring (bicyclic) bond motifs is 1. The molecular weight excluding hydrogens is 214 g/mol. The van der Waals surface area contributed by atoms with Crippen LogP contribution in [0, 0.1) is 0 Å². The smallest absolute Gasteiger partial charge is 0.110 e. The van der Waals surface area contributed by atoms with Gasteiger partial charge in [0, 0.05) is 44.5 Å². The Labute approximate surface area is 103 Å². The lowest BCUT2D eigenvalue weighted by Gasteiger charge is -2.26. The van der Waals surface area contributed by atoms with Crippen LogP contribution in [0.15, 0.2) is 6.20 Å². The zero-order valence-electron chi connectivity index (χ0n) is 10.4. The van der Waals surface area contributed by atoms with Gasteiger partial charge < -0.3 is 9.30 Å². The quantitative estimate of drug-likeness (QED) is 0.786. The zero-order chi connectivity index (χ0) is 11.5. The Morgan fingerprint density at radius 3 is 2.94 bits per heavy atom. The summed E-state index contributed by atoms with van der Waals surface area (Å²) < 4.78 is 7.80. The van der Waals surface area contributed by atoms with Gasteiger partial charge in [-0.05, 0) is 19.3 Å². The number of hydrogen-bond donors (Lipinski definition) is 0. The van der Waals surface area contributed by atoms with Crippen LogP contribution in [0.4, 0.5) is 0 Å². The Bertz CT molecular complexity index is 369. The molecule has 0 radical (unpaired) electrons. The first-order chi connectivity index (χ1) is 8.43. The van der Waals surface area contributed by atoms with Gasteiger partial charge in [-0.15, -0.1) is 0 Å². The van der Waals surface area contributed by atoms with E-state index in [0.29, 0.717) is 0 Å². The number of imidazole rings is 1. The van der Waals surface area contributed by atoms with Crippen molar-refractivity contribution in [3.05, 3.63) is 17.7 Å². The van der Waals surface area contributed by atoms with E-state index in [0.717, 1.165) is 39.3 Å². The predicted molar refractivity (Wildman–Crippen MR) is 66.1 cm³/mol. The maximum absolute atomic E-state index is 5.36. The molecule has 1 aromatic rings. The highest BCUT2D eigenvalue weighted by Gasteiger charge is 2.15. The molecule has 94 valence electrons. The second kappa shape index (κ2) is 5.19. The maximum Gasteiger partial charge on any atom is 0.110 e. The van der Waals surface area contributed by atoms with Gasteiger partial charge in [0.2, 0.25) is 0 Å². The summed E-state index contributed by atoms with van der Waals surface area (Å²) >= 11 is 0. The van der Waals surface area contributed by atoms with Gasteiger partial charge in [0.25, 0.3) is 0 Å². The lowest BCUT2D eigenvalue weighted by atomic mass is 10.1. The van der Waals surface area contributed by atoms with Crippen molar-refractivity contribution in [2.45, 2.75) is 32.2 Å². The van der Waals surface area contributed by atoms with E-state index in [9.17, 15) is 0 Å². The predicted octanol–water partition coefficient (Wildman–Crippen LogP) is 1.09. The summed E-state index contributed by atoms with van der Waals surface area (Å²) in [7, 11) is 0. The number of aryl methyl sites for hydroxylation is 1. The lowest BCUT2D eigenvalue weighted by molar-refractivity contribution is 0.0381. The molecule has 0 N–H and O–H groups in total. The third-order valence-electron chi connectivity index (χ3n) is 3.84. The molecule has 0 saturated carbocycles. The Kier molecular flexibility index (Phi) is 3.43. The Morgan fingerprint density at radius 1 is 1.18 bits per heavy atom. The maximum atomic E-state index is 5.36. The molecule has 2 aliphatic heterocycles. The number of nitrogens with zero attached hydrogens (tertiary/aromatic N) is 3. The van der Waals surface area contributed by atoms with Crippen LogP contribution in [0.1, 0.15) is 24.4 Å². The van der Waals surface area contributed by atoms with Crippen LogP contribution >= 0.6 is 0 Å². The fourth-order valence-electron chi connectivity index (χ4n) is 2.78. The highest BCUT2D eigenvalue weighted by atomic mass is 16.5. The first-order valence-electron chi connectivity index (χ1n) is 6.77. The minimum atomic E-state index is 0.889. The Hall–Kier alpha value is -0.870. The largest absolute Gasteiger partial charge is 0.379 e. The lowest BCUT2D eigenvalue weighted by Crippen LogP contribution is -2.37. The summed E-state index contributed by atoms with van der Waals surface area (Å²) in [5, 5.41) is 0. The second-order valence-corrected chi connectivity index (χ2v) is 4.98. The fraction of sp³-hybridized carbons (Fsp3) is 0.769. The van der Waals surface area contributed by atoms with E-state index in [1.165, 1.54) is 37.3 Å². The second-order valence-electron chi connectivity index (χ2n) is 4.98. The number of rotatable bonds is 3. The summed E-state index contributed by atoms with van der Waals surface area (Å²) in [5.74, 6) is 1.28. The number of ether oxygens (including phenoxy) is 1. The first kappa shape index (κ1) is 11.2. The van der Waals surface area contributed by atoms with Crippen molar-refractivity contribution in [2.75, 3.05) is 32.8 Å². The van der Waals surface area contributed by atoms with Crippen molar-refractivity contribution in [3.63, 3.8) is 0 Å². The van der Waals surface area contributed by atoms with E-state index in [-0.39, 0.29) is 0 Å². The van der Waals surface area contributed by atoms with E-state index >= 15 is 0 Å². The van der Waals surface area contributed by atoms with Crippen LogP contribution in [0.2, 0.25) is 0 Å². The summed E-state index contributed by atoms with van der Waals surface area (Å²) in [6.45, 7) is 6.23. The average molecular weight is 235 g/mol. The Morgan fingerprint density at radius 2 is 2.06 bits per heavy atom. The summed E-state index contributed by atoms with van der Waals surface area (Å²) in [5.41, 5.74) is 1.44. The minimum absolute atomic E-state index is 0.889. The molecule has 0 aliphatic carbocycles. The van der Waals surface area contributed by atoms with E-state index < -0.39 is 0 Å². The topological polar surface area (TPSA) is 30.3 Å². The van der Waals surface area contributed by atoms with E-state index in [4.69, 9.17) is 4.74 Å². The summed E-state index contributed by atoms with van der Waals surface area (Å²) in [6, 6.07) is 0. The molecule has 0 amide bonds. The van der Waals surface area contributed by atoms with Crippen molar-refractivity contribution >= 4 is 0 Å². The van der Waals surface area contributed by atoms with Gasteiger partial charge in [0.05, 0.1) is 13.2 Å². The van der Waals surface area contributed by atoms with E-state index in [2.05, 4.69) is 20.6 Å². The van der Waals surface area contributed by atoms with Gasteiger partial charge in [-0.2, -0.15) is 0 Å². The van der Waals surface area contributed by atoms with Crippen LogP contribution in [0.25, 0.3) is 0 Å². The number of morpholine rings is 1. The molecule has 3 rings (SSSR count). The van der Waals surface area contributed by atoms with E-state index in [1.807, 2.05) is 0 Å². The summed E-state index contributed by atoms with van der Waals surface area (Å²) in [4.78, 5) is 7.07. The molecule has 1 saturated heterocycles. The molecule has 0 atom stereocenters. The van der Waals surface area contributed by atoms with Crippen molar-refractivity contribution in [1.82, 2.24) is 14.5 Å². The van der Waals surface area contributed by atoms with E-state index in [1.54, 1.807) is 0 Å². The molecule has 1 aromatic heterocycles. The van der Waals surface area contributed by atoms with Gasteiger partial charge >= 0.3 is 0 Å². The average Bonchev–Trinajstić information content (AvgIpc) is 2.81. The minimum Gasteiger partial charge on any atom is -0.379 e. The highest BCUT2D eigenvalue weighted by Crippen LogP contribution is 2.17. The van der Waals surface area contributed by atoms with Gasteiger partial charge in [-0.1, -0.05) is 0 Å². The molecule has 0 spiro atoms. The van der Waals surface area contributed by atoms with Crippen LogP contribution in [-0.4, -0.2) is 47.3 Å². The monoisotopic (exact) mass is 235 g/mol. The van der Waals surface area contributed by atoms with Gasteiger partial charge in [0.1, 0.15) is 5.82 Å². The van der Waals surface area contributed by atoms with Crippen molar-refractivity contribution in [1.29, 1.82) is 0 Å². The molecule has 0 unspecified atom stereocenters. The summed E-state index contributed by atoms with van der Waals surface area (Å²) in [6.07, 6.45) is 7.01. The fourth-order valence-corrected chi connectivity index (χ4v) is 2.78. The van der Waals surface area contributed by atoms with Crippen LogP contribution < -0.4 is 0 Å². The van der Waals surface area contributed by atoms with Crippen LogP contribution in [0.5, 0.6) is 0 Å². The van der Waals surface area contributed by atoms with Crippen LogP contribution in [0.3, 0.4) is 0 Å². The molecular formula is C13H21N3O. The number of aromatic nitrogens is 2. The third-order valence-corrected chi connectivity index (χ3v) is 3.84.